The first-order valence-corrected chi connectivity index (χ1v) is 21.5. The highest BCUT2D eigenvalue weighted by Crippen LogP contribution is 2.38. The van der Waals surface area contributed by atoms with Crippen molar-refractivity contribution in [2.45, 2.75) is 193 Å². The van der Waals surface area contributed by atoms with E-state index in [1.165, 1.54) is 122 Å². The van der Waals surface area contributed by atoms with Gasteiger partial charge in [-0.05, 0) is 19.3 Å². The number of allylic oxidation sites excluding steroid dienone is 1. The van der Waals surface area contributed by atoms with Crippen molar-refractivity contribution in [1.29, 1.82) is 0 Å². The number of likely N-dealkylation sites (N-methyl/N-ethyl adjacent to an activating group) is 1. The van der Waals surface area contributed by atoms with Crippen molar-refractivity contribution in [3.63, 3.8) is 0 Å². The predicted molar refractivity (Wildman–Crippen MR) is 201 cm³/mol. The maximum absolute atomic E-state index is 12.8. The minimum atomic E-state index is -4.57. The normalized spacial score (nSPS) is 14.7. The molecule has 2 N–H and O–H groups in total. The number of aliphatic hydroxyl groups is 1. The zero-order chi connectivity index (χ0) is 35.8. The molecular weight excluding hydrogens is 623 g/mol. The van der Waals surface area contributed by atoms with Crippen molar-refractivity contribution in [1.82, 2.24) is 5.32 Å². The first-order valence-electron chi connectivity index (χ1n) is 20.1. The van der Waals surface area contributed by atoms with Gasteiger partial charge in [0.2, 0.25) is 5.91 Å². The van der Waals surface area contributed by atoms with Gasteiger partial charge >= 0.3 is 0 Å². The van der Waals surface area contributed by atoms with E-state index in [4.69, 9.17) is 9.05 Å². The lowest BCUT2D eigenvalue weighted by Gasteiger charge is -2.29. The third-order valence-corrected chi connectivity index (χ3v) is 9.96. The van der Waals surface area contributed by atoms with E-state index >= 15 is 0 Å². The van der Waals surface area contributed by atoms with Crippen LogP contribution in [-0.4, -0.2) is 68.5 Å². The SMILES string of the molecule is CCCCCCCCCCCCCC=CC(O)C(COP(=O)([O-])OCC[N+](C)(C)C)NC(=O)CCCCCCCCCCCCCCC. The largest absolute Gasteiger partial charge is 0.756 e. The summed E-state index contributed by atoms with van der Waals surface area (Å²) in [5.41, 5.74) is 0. The number of amides is 1. The summed E-state index contributed by atoms with van der Waals surface area (Å²) in [6.45, 7) is 4.63. The van der Waals surface area contributed by atoms with Gasteiger partial charge in [-0.25, -0.2) is 0 Å². The molecule has 0 spiro atoms. The van der Waals surface area contributed by atoms with E-state index in [0.29, 0.717) is 17.4 Å². The number of phosphoric ester groups is 1. The van der Waals surface area contributed by atoms with Crippen LogP contribution in [0.1, 0.15) is 181 Å². The smallest absolute Gasteiger partial charge is 0.268 e. The van der Waals surface area contributed by atoms with Gasteiger partial charge in [0.15, 0.2) is 0 Å². The molecule has 3 atom stereocenters. The van der Waals surface area contributed by atoms with Gasteiger partial charge in [0.05, 0.1) is 39.9 Å². The fraction of sp³-hybridized carbons (Fsp3) is 0.923. The lowest BCUT2D eigenvalue weighted by molar-refractivity contribution is -0.870. The van der Waals surface area contributed by atoms with Crippen LogP contribution >= 0.6 is 7.82 Å². The summed E-state index contributed by atoms with van der Waals surface area (Å²) < 4.78 is 23.1. The Balaban J connectivity index is 4.50. The Morgan fingerprint density at radius 2 is 1.12 bits per heavy atom. The Labute approximate surface area is 297 Å². The number of rotatable bonds is 36. The Morgan fingerprint density at radius 3 is 1.56 bits per heavy atom. The summed E-state index contributed by atoms with van der Waals surface area (Å²) in [6.07, 6.45) is 33.8. The summed E-state index contributed by atoms with van der Waals surface area (Å²) in [5, 5.41) is 13.7. The number of carbonyl (C=O) groups is 1. The highest BCUT2D eigenvalue weighted by Gasteiger charge is 2.23. The van der Waals surface area contributed by atoms with E-state index in [9.17, 15) is 19.4 Å². The number of carbonyl (C=O) groups excluding carboxylic acids is 1. The lowest BCUT2D eigenvalue weighted by atomic mass is 10.0. The molecule has 0 radical (unpaired) electrons. The summed E-state index contributed by atoms with van der Waals surface area (Å²) >= 11 is 0. The summed E-state index contributed by atoms with van der Waals surface area (Å²) in [5.74, 6) is -0.198. The molecule has 3 unspecified atom stereocenters. The molecule has 0 aromatic carbocycles. The Kier molecular flexibility index (Phi) is 31.7. The van der Waals surface area contributed by atoms with Crippen LogP contribution < -0.4 is 10.2 Å². The average molecular weight is 703 g/mol. The number of phosphoric acid groups is 1. The number of aliphatic hydroxyl groups excluding tert-OH is 1. The molecule has 48 heavy (non-hydrogen) atoms. The van der Waals surface area contributed by atoms with Gasteiger partial charge < -0.3 is 28.8 Å². The number of nitrogens with zero attached hydrogens (tertiary/aromatic N) is 1. The van der Waals surface area contributed by atoms with Crippen LogP contribution in [-0.2, 0) is 18.4 Å². The van der Waals surface area contributed by atoms with Gasteiger partial charge in [0.1, 0.15) is 13.2 Å². The van der Waals surface area contributed by atoms with Crippen molar-refractivity contribution in [3.05, 3.63) is 12.2 Å². The molecule has 0 saturated carbocycles. The van der Waals surface area contributed by atoms with E-state index in [1.807, 2.05) is 27.2 Å². The van der Waals surface area contributed by atoms with Crippen molar-refractivity contribution in [3.8, 4) is 0 Å². The molecule has 0 bridgehead atoms. The number of hydrogen-bond acceptors (Lipinski definition) is 6. The zero-order valence-corrected chi connectivity index (χ0v) is 33.1. The van der Waals surface area contributed by atoms with Gasteiger partial charge in [-0.2, -0.15) is 0 Å². The van der Waals surface area contributed by atoms with Crippen molar-refractivity contribution in [2.75, 3.05) is 40.9 Å². The molecule has 0 aliphatic heterocycles. The molecular formula is C39H79N2O6P. The molecule has 0 saturated heterocycles. The quantitative estimate of drug-likeness (QED) is 0.0291. The first kappa shape index (κ1) is 47.2. The highest BCUT2D eigenvalue weighted by atomic mass is 31.2. The van der Waals surface area contributed by atoms with Gasteiger partial charge in [-0.3, -0.25) is 9.36 Å². The molecule has 0 aliphatic carbocycles. The molecule has 0 aromatic rings. The number of nitrogens with one attached hydrogen (secondary N) is 1. The minimum Gasteiger partial charge on any atom is -0.756 e. The van der Waals surface area contributed by atoms with E-state index in [2.05, 4.69) is 19.2 Å². The second kappa shape index (κ2) is 32.2. The third-order valence-electron chi connectivity index (χ3n) is 9.00. The summed E-state index contributed by atoms with van der Waals surface area (Å²) in [4.78, 5) is 25.2. The highest BCUT2D eigenvalue weighted by molar-refractivity contribution is 7.45. The summed E-state index contributed by atoms with van der Waals surface area (Å²) in [7, 11) is 1.27. The molecule has 0 aromatic heterocycles. The third kappa shape index (κ3) is 33.7. The molecule has 0 fully saturated rings. The second-order valence-electron chi connectivity index (χ2n) is 15.0. The van der Waals surface area contributed by atoms with Crippen molar-refractivity contribution < 1.29 is 32.9 Å². The van der Waals surface area contributed by atoms with E-state index in [-0.39, 0.29) is 19.1 Å². The molecule has 0 heterocycles. The maximum atomic E-state index is 12.8. The van der Waals surface area contributed by atoms with E-state index in [1.54, 1.807) is 6.08 Å². The number of unbranched alkanes of at least 4 members (excludes halogenated alkanes) is 23. The molecule has 0 aliphatic rings. The second-order valence-corrected chi connectivity index (χ2v) is 16.4. The molecule has 8 nitrogen and oxygen atoms in total. The van der Waals surface area contributed by atoms with E-state index < -0.39 is 20.0 Å². The van der Waals surface area contributed by atoms with Crippen molar-refractivity contribution >= 4 is 13.7 Å². The molecule has 0 rings (SSSR count). The topological polar surface area (TPSA) is 108 Å². The molecule has 286 valence electrons. The Bertz CT molecular complexity index is 804. The van der Waals surface area contributed by atoms with Crippen molar-refractivity contribution in [2.24, 2.45) is 0 Å². The first-order chi connectivity index (χ1) is 23.0. The minimum absolute atomic E-state index is 0.00175. The number of hydrogen-bond donors (Lipinski definition) is 2. The van der Waals surface area contributed by atoms with Crippen LogP contribution in [0.3, 0.4) is 0 Å². The van der Waals surface area contributed by atoms with Crippen LogP contribution in [0.15, 0.2) is 12.2 Å². The molecule has 9 heteroatoms. The van der Waals surface area contributed by atoms with Crippen LogP contribution in [0.4, 0.5) is 0 Å². The summed E-state index contributed by atoms with van der Waals surface area (Å²) in [6, 6.07) is -0.877. The standard InChI is InChI=1S/C39H79N2O6P/c1-6-8-10-12-14-16-18-20-22-24-26-28-30-32-38(42)37(36-47-48(44,45)46-35-34-41(3,4)5)40-39(43)33-31-29-27-25-23-21-19-17-15-13-11-9-7-2/h30,32,37-38,42H,6-29,31,33-36H2,1-5H3,(H-,40,43,44,45). The Hall–Kier alpha value is -0.760. The van der Waals surface area contributed by atoms with Crippen LogP contribution in [0.25, 0.3) is 0 Å². The fourth-order valence-corrected chi connectivity index (χ4v) is 6.46. The number of quaternary nitrogens is 1. The molecule has 1 amide bonds. The van der Waals surface area contributed by atoms with Crippen LogP contribution in [0.5, 0.6) is 0 Å². The average Bonchev–Trinajstić information content (AvgIpc) is 3.02. The van der Waals surface area contributed by atoms with Gasteiger partial charge in [-0.1, -0.05) is 167 Å². The van der Waals surface area contributed by atoms with Crippen LogP contribution in [0.2, 0.25) is 0 Å². The fourth-order valence-electron chi connectivity index (χ4n) is 5.74. The van der Waals surface area contributed by atoms with E-state index in [0.717, 1.165) is 38.5 Å². The van der Waals surface area contributed by atoms with Gasteiger partial charge in [0.25, 0.3) is 7.82 Å². The van der Waals surface area contributed by atoms with Gasteiger partial charge in [0, 0.05) is 6.42 Å². The zero-order valence-electron chi connectivity index (χ0n) is 32.2. The lowest BCUT2D eigenvalue weighted by Crippen LogP contribution is -2.45. The Morgan fingerprint density at radius 1 is 0.708 bits per heavy atom. The monoisotopic (exact) mass is 703 g/mol. The van der Waals surface area contributed by atoms with Crippen LogP contribution in [0, 0.1) is 0 Å². The maximum Gasteiger partial charge on any atom is 0.268 e. The van der Waals surface area contributed by atoms with Gasteiger partial charge in [-0.15, -0.1) is 0 Å². The predicted octanol–water partition coefficient (Wildman–Crippen LogP) is 9.78.